The maximum Gasteiger partial charge on any atom is 0.410 e. The third kappa shape index (κ3) is 8.89. The summed E-state index contributed by atoms with van der Waals surface area (Å²) in [4.78, 5) is 29.8. The molecule has 1 aliphatic heterocycles. The Labute approximate surface area is 155 Å². The largest absolute Gasteiger partial charge is 0.444 e. The van der Waals surface area contributed by atoms with Crippen molar-refractivity contribution in [3.8, 4) is 0 Å². The number of nitrogens with one attached hydrogen (secondary N) is 3. The first-order valence-electron chi connectivity index (χ1n) is 8.96. The lowest BCUT2D eigenvalue weighted by molar-refractivity contribution is -0.120. The van der Waals surface area contributed by atoms with E-state index in [0.717, 1.165) is 12.8 Å². The molecule has 9 heteroatoms. The number of nitrogens with zero attached hydrogens (tertiary/aromatic N) is 2. The molecular formula is C17H33N5O4. The summed E-state index contributed by atoms with van der Waals surface area (Å²) >= 11 is 0. The Balaban J connectivity index is 2.42. The summed E-state index contributed by atoms with van der Waals surface area (Å²) in [6.45, 7) is 7.84. The van der Waals surface area contributed by atoms with Crippen molar-refractivity contribution < 1.29 is 19.1 Å². The zero-order valence-electron chi connectivity index (χ0n) is 16.6. The van der Waals surface area contributed by atoms with Crippen LogP contribution in [0.4, 0.5) is 4.79 Å². The molecule has 26 heavy (non-hydrogen) atoms. The number of ether oxygens (including phenoxy) is 2. The number of amides is 2. The molecule has 0 aromatic carbocycles. The fraction of sp³-hybridized carbons (Fsp3) is 0.824. The smallest absolute Gasteiger partial charge is 0.410 e. The van der Waals surface area contributed by atoms with Crippen LogP contribution >= 0.6 is 0 Å². The Kier molecular flexibility index (Phi) is 9.18. The second-order valence-corrected chi connectivity index (χ2v) is 7.18. The number of piperidine rings is 1. The lowest BCUT2D eigenvalue weighted by atomic mass is 10.1. The van der Waals surface area contributed by atoms with Gasteiger partial charge in [0.2, 0.25) is 5.91 Å². The number of carbonyl (C=O) groups is 2. The molecule has 0 aliphatic carbocycles. The summed E-state index contributed by atoms with van der Waals surface area (Å²) in [6, 6.07) is 0.0546. The zero-order valence-corrected chi connectivity index (χ0v) is 16.6. The van der Waals surface area contributed by atoms with Gasteiger partial charge in [-0.05, 0) is 33.6 Å². The van der Waals surface area contributed by atoms with Crippen LogP contribution in [0.1, 0.15) is 33.6 Å². The molecule has 1 aliphatic rings. The molecule has 1 saturated heterocycles. The van der Waals surface area contributed by atoms with Crippen LogP contribution in [-0.4, -0.2) is 81.4 Å². The Hall–Kier alpha value is -2.03. The van der Waals surface area contributed by atoms with Crippen molar-refractivity contribution in [1.29, 1.82) is 0 Å². The van der Waals surface area contributed by atoms with E-state index in [9.17, 15) is 9.59 Å². The molecule has 1 heterocycles. The molecule has 2 amide bonds. The van der Waals surface area contributed by atoms with Gasteiger partial charge in [0.05, 0.1) is 13.2 Å². The maximum absolute atomic E-state index is 12.2. The van der Waals surface area contributed by atoms with Crippen LogP contribution < -0.4 is 16.0 Å². The van der Waals surface area contributed by atoms with Gasteiger partial charge in [-0.1, -0.05) is 0 Å². The van der Waals surface area contributed by atoms with Crippen LogP contribution in [0.15, 0.2) is 4.99 Å². The summed E-state index contributed by atoms with van der Waals surface area (Å²) in [5.74, 6) is 0.395. The minimum absolute atomic E-state index is 0.0546. The molecule has 0 bridgehead atoms. The van der Waals surface area contributed by atoms with Gasteiger partial charge in [-0.25, -0.2) is 4.79 Å². The number of guanidine groups is 1. The summed E-state index contributed by atoms with van der Waals surface area (Å²) in [5.41, 5.74) is -0.509. The lowest BCUT2D eigenvalue weighted by Gasteiger charge is -2.35. The van der Waals surface area contributed by atoms with E-state index < -0.39 is 5.60 Å². The van der Waals surface area contributed by atoms with Crippen LogP contribution in [-0.2, 0) is 14.3 Å². The van der Waals surface area contributed by atoms with E-state index in [0.29, 0.717) is 32.2 Å². The van der Waals surface area contributed by atoms with Crippen molar-refractivity contribution in [3.63, 3.8) is 0 Å². The molecule has 1 atom stereocenters. The topological polar surface area (TPSA) is 104 Å². The molecule has 0 spiro atoms. The molecular weight excluding hydrogens is 338 g/mol. The molecule has 150 valence electrons. The van der Waals surface area contributed by atoms with Crippen LogP contribution in [0.3, 0.4) is 0 Å². The molecule has 0 saturated carbocycles. The first-order chi connectivity index (χ1) is 12.2. The quantitative estimate of drug-likeness (QED) is 0.353. The third-order valence-corrected chi connectivity index (χ3v) is 3.68. The Morgan fingerprint density at radius 1 is 1.27 bits per heavy atom. The van der Waals surface area contributed by atoms with E-state index in [-0.39, 0.29) is 24.6 Å². The molecule has 1 rings (SSSR count). The highest BCUT2D eigenvalue weighted by atomic mass is 16.6. The Morgan fingerprint density at radius 2 is 2.00 bits per heavy atom. The normalized spacial score (nSPS) is 18.3. The van der Waals surface area contributed by atoms with Crippen molar-refractivity contribution in [2.75, 3.05) is 46.9 Å². The van der Waals surface area contributed by atoms with Gasteiger partial charge in [0.25, 0.3) is 0 Å². The van der Waals surface area contributed by atoms with E-state index in [4.69, 9.17) is 9.47 Å². The first-order valence-corrected chi connectivity index (χ1v) is 8.96. The summed E-state index contributed by atoms with van der Waals surface area (Å²) in [6.07, 6.45) is 1.50. The standard InChI is InChI=1S/C17H33N5O4/c1-17(2,3)26-16(24)22-9-6-7-13(12-22)21-15(18-4)20-11-14(23)19-8-10-25-5/h13H,6-12H2,1-5H3,(H,19,23)(H2,18,20,21). The van der Waals surface area contributed by atoms with Crippen molar-refractivity contribution >= 4 is 18.0 Å². The van der Waals surface area contributed by atoms with Crippen molar-refractivity contribution in [1.82, 2.24) is 20.9 Å². The SMILES string of the molecule is CN=C(NCC(=O)NCCOC)NC1CCCN(C(=O)OC(C)(C)C)C1. The second kappa shape index (κ2) is 10.8. The summed E-state index contributed by atoms with van der Waals surface area (Å²) in [5, 5.41) is 8.97. The first kappa shape index (κ1) is 22.0. The number of hydrogen-bond acceptors (Lipinski definition) is 5. The third-order valence-electron chi connectivity index (χ3n) is 3.68. The minimum atomic E-state index is -0.509. The highest BCUT2D eigenvalue weighted by Crippen LogP contribution is 2.15. The predicted octanol–water partition coefficient (Wildman–Crippen LogP) is 0.314. The van der Waals surface area contributed by atoms with Crippen LogP contribution in [0, 0.1) is 0 Å². The maximum atomic E-state index is 12.2. The monoisotopic (exact) mass is 371 g/mol. The van der Waals surface area contributed by atoms with Crippen molar-refractivity contribution in [2.24, 2.45) is 4.99 Å². The Bertz CT molecular complexity index is 490. The van der Waals surface area contributed by atoms with Crippen LogP contribution in [0.25, 0.3) is 0 Å². The molecule has 0 aromatic heterocycles. The van der Waals surface area contributed by atoms with Gasteiger partial charge in [0.15, 0.2) is 5.96 Å². The molecule has 1 fully saturated rings. The van der Waals surface area contributed by atoms with Gasteiger partial charge in [0.1, 0.15) is 5.60 Å². The zero-order chi connectivity index (χ0) is 19.6. The second-order valence-electron chi connectivity index (χ2n) is 7.18. The molecule has 0 radical (unpaired) electrons. The van der Waals surface area contributed by atoms with E-state index in [2.05, 4.69) is 20.9 Å². The van der Waals surface area contributed by atoms with Gasteiger partial charge in [-0.2, -0.15) is 0 Å². The average Bonchev–Trinajstić information content (AvgIpc) is 2.57. The van der Waals surface area contributed by atoms with E-state index in [1.807, 2.05) is 20.8 Å². The van der Waals surface area contributed by atoms with Gasteiger partial charge in [-0.3, -0.25) is 9.79 Å². The number of methoxy groups -OCH3 is 1. The van der Waals surface area contributed by atoms with Crippen molar-refractivity contribution in [3.05, 3.63) is 0 Å². The highest BCUT2D eigenvalue weighted by molar-refractivity contribution is 5.86. The van der Waals surface area contributed by atoms with E-state index >= 15 is 0 Å². The number of carbonyl (C=O) groups excluding carboxylic acids is 2. The summed E-state index contributed by atoms with van der Waals surface area (Å²) < 4.78 is 10.3. The molecule has 3 N–H and O–H groups in total. The van der Waals surface area contributed by atoms with Gasteiger partial charge in [-0.15, -0.1) is 0 Å². The fourth-order valence-electron chi connectivity index (χ4n) is 2.49. The number of hydrogen-bond donors (Lipinski definition) is 3. The molecule has 9 nitrogen and oxygen atoms in total. The summed E-state index contributed by atoms with van der Waals surface area (Å²) in [7, 11) is 3.23. The number of likely N-dealkylation sites (tertiary alicyclic amines) is 1. The molecule has 0 aromatic rings. The van der Waals surface area contributed by atoms with Crippen molar-refractivity contribution in [2.45, 2.75) is 45.3 Å². The van der Waals surface area contributed by atoms with E-state index in [1.165, 1.54) is 0 Å². The predicted molar refractivity (Wildman–Crippen MR) is 100 cm³/mol. The van der Waals surface area contributed by atoms with Gasteiger partial charge >= 0.3 is 6.09 Å². The van der Waals surface area contributed by atoms with Crippen LogP contribution in [0.2, 0.25) is 0 Å². The lowest BCUT2D eigenvalue weighted by Crippen LogP contribution is -2.54. The van der Waals surface area contributed by atoms with Gasteiger partial charge < -0.3 is 30.3 Å². The van der Waals surface area contributed by atoms with Gasteiger partial charge in [0, 0.05) is 39.8 Å². The minimum Gasteiger partial charge on any atom is -0.444 e. The highest BCUT2D eigenvalue weighted by Gasteiger charge is 2.28. The van der Waals surface area contributed by atoms with Crippen LogP contribution in [0.5, 0.6) is 0 Å². The number of aliphatic imine (C=N–C) groups is 1. The average molecular weight is 371 g/mol. The number of rotatable bonds is 6. The fourth-order valence-corrected chi connectivity index (χ4v) is 2.49. The Morgan fingerprint density at radius 3 is 2.62 bits per heavy atom. The van der Waals surface area contributed by atoms with E-state index in [1.54, 1.807) is 19.1 Å². The molecule has 1 unspecified atom stereocenters.